The van der Waals surface area contributed by atoms with Crippen molar-refractivity contribution in [2.75, 3.05) is 11.5 Å². The third kappa shape index (κ3) is 2.67. The summed E-state index contributed by atoms with van der Waals surface area (Å²) < 4.78 is 5.09. The zero-order valence-electron chi connectivity index (χ0n) is 14.2. The van der Waals surface area contributed by atoms with Crippen molar-refractivity contribution in [3.8, 4) is 0 Å². The summed E-state index contributed by atoms with van der Waals surface area (Å²) in [6, 6.07) is 6.36. The summed E-state index contributed by atoms with van der Waals surface area (Å²) in [5.41, 5.74) is 0.859. The lowest BCUT2D eigenvalue weighted by Gasteiger charge is -2.17. The van der Waals surface area contributed by atoms with Gasteiger partial charge in [0, 0.05) is 5.03 Å². The molecule has 0 radical (unpaired) electrons. The van der Waals surface area contributed by atoms with E-state index in [4.69, 9.17) is 16.3 Å². The summed E-state index contributed by atoms with van der Waals surface area (Å²) in [6.07, 6.45) is 6.63. The number of nitrogens with zero attached hydrogens (tertiary/aromatic N) is 1. The number of hydrogen-bond donors (Lipinski definition) is 0. The molecule has 0 unspecified atom stereocenters. The highest BCUT2D eigenvalue weighted by Crippen LogP contribution is 2.53. The van der Waals surface area contributed by atoms with Crippen LogP contribution >= 0.6 is 11.6 Å². The molecule has 0 spiro atoms. The first-order valence-electron chi connectivity index (χ1n) is 8.63. The largest absolute Gasteiger partial charge is 0.458 e. The van der Waals surface area contributed by atoms with Crippen LogP contribution in [0, 0.1) is 23.7 Å². The average molecular weight is 372 g/mol. The third-order valence-electron chi connectivity index (χ3n) is 5.41. The zero-order chi connectivity index (χ0) is 18.4. The fraction of sp³-hybridized carbons (Fsp3) is 0.350. The van der Waals surface area contributed by atoms with Gasteiger partial charge in [-0.2, -0.15) is 0 Å². The normalized spacial score (nSPS) is 29.5. The quantitative estimate of drug-likeness (QED) is 0.463. The minimum atomic E-state index is -0.482. The molecule has 4 atom stereocenters. The maximum Gasteiger partial charge on any atom is 0.338 e. The van der Waals surface area contributed by atoms with Gasteiger partial charge in [-0.3, -0.25) is 14.5 Å². The van der Waals surface area contributed by atoms with E-state index in [9.17, 15) is 14.4 Å². The second kappa shape index (κ2) is 6.40. The fourth-order valence-corrected chi connectivity index (χ4v) is 4.28. The number of hydrogen-bond acceptors (Lipinski definition) is 4. The number of esters is 1. The molecule has 1 aromatic rings. The second-order valence-electron chi connectivity index (χ2n) is 6.95. The smallest absolute Gasteiger partial charge is 0.338 e. The van der Waals surface area contributed by atoms with Crippen molar-refractivity contribution >= 4 is 35.1 Å². The molecule has 134 valence electrons. The van der Waals surface area contributed by atoms with E-state index >= 15 is 0 Å². The highest BCUT2D eigenvalue weighted by Gasteiger charge is 2.59. The standard InChI is InChI=1S/C20H18ClNO4/c1-11(21)8-9-26-20(25)12-4-6-15(7-5-12)22-18(23)16-13-2-3-14(10-13)17(16)19(22)24/h2-8,13-14,16-17H,9-10H2,1H3/b11-8-/t13-,14-,16-,17+/m0/s1. The number of anilines is 1. The molecule has 2 amide bonds. The Kier molecular flexibility index (Phi) is 4.19. The van der Waals surface area contributed by atoms with E-state index in [0.717, 1.165) is 6.42 Å². The van der Waals surface area contributed by atoms with Gasteiger partial charge in [0.2, 0.25) is 11.8 Å². The number of rotatable bonds is 4. The van der Waals surface area contributed by atoms with E-state index in [1.807, 2.05) is 0 Å². The first kappa shape index (κ1) is 17.0. The molecule has 4 rings (SSSR count). The molecule has 2 bridgehead atoms. The van der Waals surface area contributed by atoms with Gasteiger partial charge >= 0.3 is 5.97 Å². The second-order valence-corrected chi connectivity index (χ2v) is 7.54. The van der Waals surface area contributed by atoms with Crippen molar-refractivity contribution in [2.24, 2.45) is 23.7 Å². The number of ether oxygens (including phenoxy) is 1. The molecule has 2 aliphatic carbocycles. The minimum absolute atomic E-state index is 0.0954. The molecule has 1 saturated carbocycles. The summed E-state index contributed by atoms with van der Waals surface area (Å²) in [5, 5.41) is 0.549. The molecule has 0 N–H and O–H groups in total. The first-order chi connectivity index (χ1) is 12.5. The van der Waals surface area contributed by atoms with Crippen LogP contribution in [0.5, 0.6) is 0 Å². The highest BCUT2D eigenvalue weighted by atomic mass is 35.5. The molecule has 1 heterocycles. The van der Waals surface area contributed by atoms with Crippen molar-refractivity contribution in [1.29, 1.82) is 0 Å². The molecule has 3 aliphatic rings. The van der Waals surface area contributed by atoms with Crippen molar-refractivity contribution in [2.45, 2.75) is 13.3 Å². The maximum atomic E-state index is 12.8. The molecule has 6 heteroatoms. The lowest BCUT2D eigenvalue weighted by atomic mass is 9.85. The summed E-state index contributed by atoms with van der Waals surface area (Å²) in [7, 11) is 0. The molecular formula is C20H18ClNO4. The molecule has 2 fully saturated rings. The Labute approximate surface area is 156 Å². The van der Waals surface area contributed by atoms with E-state index in [-0.39, 0.29) is 42.1 Å². The SMILES string of the molecule is C/C(Cl)=C/COC(=O)c1ccc(N2C(=O)[C@@H]3[C@H](C2=O)[C@H]2C=C[C@H]3C2)cc1. The number of allylic oxidation sites excluding steroid dienone is 3. The lowest BCUT2D eigenvalue weighted by Crippen LogP contribution is -2.32. The average Bonchev–Trinajstić information content (AvgIpc) is 3.29. The molecule has 26 heavy (non-hydrogen) atoms. The van der Waals surface area contributed by atoms with Crippen LogP contribution in [0.15, 0.2) is 47.5 Å². The van der Waals surface area contributed by atoms with Crippen LogP contribution in [0.1, 0.15) is 23.7 Å². The molecule has 1 saturated heterocycles. The summed E-state index contributed by atoms with van der Waals surface area (Å²) in [4.78, 5) is 38.8. The minimum Gasteiger partial charge on any atom is -0.458 e. The van der Waals surface area contributed by atoms with Crippen molar-refractivity contribution in [3.05, 3.63) is 53.1 Å². The highest BCUT2D eigenvalue weighted by molar-refractivity contribution is 6.29. The Hall–Kier alpha value is -2.40. The van der Waals surface area contributed by atoms with Gasteiger partial charge in [0.15, 0.2) is 0 Å². The van der Waals surface area contributed by atoms with Crippen LogP contribution in [0.25, 0.3) is 0 Å². The molecule has 5 nitrogen and oxygen atoms in total. The van der Waals surface area contributed by atoms with Gasteiger partial charge in [-0.15, -0.1) is 0 Å². The molecule has 1 aliphatic heterocycles. The van der Waals surface area contributed by atoms with Crippen LogP contribution in [0.2, 0.25) is 0 Å². The van der Waals surface area contributed by atoms with Crippen molar-refractivity contribution in [1.82, 2.24) is 0 Å². The number of imide groups is 1. The Morgan fingerprint density at radius 2 is 1.73 bits per heavy atom. The number of halogens is 1. The lowest BCUT2D eigenvalue weighted by molar-refractivity contribution is -0.123. The van der Waals surface area contributed by atoms with Gasteiger partial charge in [0.25, 0.3) is 0 Å². The van der Waals surface area contributed by atoms with E-state index in [2.05, 4.69) is 12.2 Å². The third-order valence-corrected chi connectivity index (χ3v) is 5.56. The van der Waals surface area contributed by atoms with Crippen LogP contribution in [-0.2, 0) is 14.3 Å². The number of amides is 2. The Morgan fingerprint density at radius 1 is 1.15 bits per heavy atom. The van der Waals surface area contributed by atoms with Gasteiger partial charge in [-0.25, -0.2) is 4.79 Å². The predicted molar refractivity (Wildman–Crippen MR) is 96.5 cm³/mol. The van der Waals surface area contributed by atoms with Crippen LogP contribution in [0.3, 0.4) is 0 Å². The van der Waals surface area contributed by atoms with Gasteiger partial charge < -0.3 is 4.74 Å². The zero-order valence-corrected chi connectivity index (χ0v) is 15.0. The first-order valence-corrected chi connectivity index (χ1v) is 9.01. The summed E-state index contributed by atoms with van der Waals surface area (Å²) >= 11 is 5.69. The van der Waals surface area contributed by atoms with E-state index in [1.165, 1.54) is 4.90 Å². The van der Waals surface area contributed by atoms with Crippen LogP contribution in [-0.4, -0.2) is 24.4 Å². The molecule has 0 aromatic heterocycles. The number of benzene rings is 1. The van der Waals surface area contributed by atoms with Crippen LogP contribution < -0.4 is 4.90 Å². The Bertz CT molecular complexity index is 808. The van der Waals surface area contributed by atoms with E-state index < -0.39 is 5.97 Å². The number of carbonyl (C=O) groups is 3. The monoisotopic (exact) mass is 371 g/mol. The van der Waals surface area contributed by atoms with Crippen LogP contribution in [0.4, 0.5) is 5.69 Å². The molecular weight excluding hydrogens is 354 g/mol. The predicted octanol–water partition coefficient (Wildman–Crippen LogP) is 3.30. The van der Waals surface area contributed by atoms with Crippen molar-refractivity contribution in [3.63, 3.8) is 0 Å². The maximum absolute atomic E-state index is 12.8. The molecule has 1 aromatic carbocycles. The van der Waals surface area contributed by atoms with Gasteiger partial charge in [0.05, 0.1) is 23.1 Å². The van der Waals surface area contributed by atoms with E-state index in [0.29, 0.717) is 16.3 Å². The van der Waals surface area contributed by atoms with Gasteiger partial charge in [0.1, 0.15) is 6.61 Å². The number of fused-ring (bicyclic) bond motifs is 5. The fourth-order valence-electron chi connectivity index (χ4n) is 4.22. The van der Waals surface area contributed by atoms with Gasteiger partial charge in [-0.1, -0.05) is 23.8 Å². The summed E-state index contributed by atoms with van der Waals surface area (Å²) in [5.74, 6) is -0.840. The Morgan fingerprint density at radius 3 is 2.27 bits per heavy atom. The number of carbonyl (C=O) groups excluding carboxylic acids is 3. The Balaban J connectivity index is 1.49. The van der Waals surface area contributed by atoms with E-state index in [1.54, 1.807) is 37.3 Å². The van der Waals surface area contributed by atoms with Crippen molar-refractivity contribution < 1.29 is 19.1 Å². The summed E-state index contributed by atoms with van der Waals surface area (Å²) in [6.45, 7) is 1.80. The van der Waals surface area contributed by atoms with Gasteiger partial charge in [-0.05, 0) is 55.5 Å². The topological polar surface area (TPSA) is 63.7 Å².